The summed E-state index contributed by atoms with van der Waals surface area (Å²) in [6.45, 7) is 1.65. The number of carbonyl (C=O) groups is 1. The van der Waals surface area contributed by atoms with Crippen LogP contribution in [-0.2, 0) is 6.54 Å². The molecule has 0 radical (unpaired) electrons. The molecule has 8 nitrogen and oxygen atoms in total. The van der Waals surface area contributed by atoms with E-state index in [0.29, 0.717) is 25.2 Å². The Kier molecular flexibility index (Phi) is 3.52. The van der Waals surface area contributed by atoms with Crippen LogP contribution >= 0.6 is 0 Å². The molecule has 1 aliphatic rings. The molecule has 8 heteroatoms. The van der Waals surface area contributed by atoms with Crippen molar-refractivity contribution < 1.29 is 9.72 Å². The van der Waals surface area contributed by atoms with Gasteiger partial charge in [-0.3, -0.25) is 16.0 Å². The van der Waals surface area contributed by atoms with Gasteiger partial charge in [0, 0.05) is 32.7 Å². The maximum Gasteiger partial charge on any atom is 0.320 e. The number of nitro groups is 1. The van der Waals surface area contributed by atoms with Gasteiger partial charge in [-0.05, 0) is 11.6 Å². The fraction of sp³-hybridized carbons (Fsp3) is 0.364. The number of nitrogens with one attached hydrogen (secondary N) is 1. The number of hydrogen-bond donors (Lipinski definition) is 2. The summed E-state index contributed by atoms with van der Waals surface area (Å²) in [6.07, 6.45) is 0. The Morgan fingerprint density at radius 3 is 2.74 bits per heavy atom. The number of anilines is 1. The van der Waals surface area contributed by atoms with Crippen molar-refractivity contribution in [1.82, 2.24) is 9.80 Å². The first kappa shape index (κ1) is 13.1. The third-order valence-corrected chi connectivity index (χ3v) is 3.09. The molecule has 0 bridgehead atoms. The summed E-state index contributed by atoms with van der Waals surface area (Å²) in [5.74, 6) is 5.22. The molecule has 0 spiro atoms. The molecule has 1 aromatic carbocycles. The number of rotatable bonds is 4. The summed E-state index contributed by atoms with van der Waals surface area (Å²) in [4.78, 5) is 25.4. The second-order valence-electron chi connectivity index (χ2n) is 4.38. The van der Waals surface area contributed by atoms with Gasteiger partial charge in [-0.15, -0.1) is 0 Å². The van der Waals surface area contributed by atoms with Crippen molar-refractivity contribution in [2.75, 3.05) is 25.6 Å². The predicted octanol–water partition coefficient (Wildman–Crippen LogP) is 0.748. The standard InChI is InChI=1S/C11H15N5O3/c1-14-4-5-15(11(14)17)7-8-2-3-9(13-12)10(6-8)16(18)19/h2-3,6,13H,4-5,7,12H2,1H3. The minimum atomic E-state index is -0.503. The third kappa shape index (κ3) is 2.58. The molecular weight excluding hydrogens is 250 g/mol. The second kappa shape index (κ2) is 5.11. The van der Waals surface area contributed by atoms with Gasteiger partial charge < -0.3 is 15.2 Å². The molecule has 1 saturated heterocycles. The average Bonchev–Trinajstić information content (AvgIpc) is 2.70. The third-order valence-electron chi connectivity index (χ3n) is 3.09. The van der Waals surface area contributed by atoms with Crippen molar-refractivity contribution >= 4 is 17.4 Å². The number of nitrogen functional groups attached to an aromatic ring is 1. The van der Waals surface area contributed by atoms with Crippen LogP contribution in [0.5, 0.6) is 0 Å². The van der Waals surface area contributed by atoms with Crippen molar-refractivity contribution in [3.8, 4) is 0 Å². The Balaban J connectivity index is 2.20. The highest BCUT2D eigenvalue weighted by Crippen LogP contribution is 2.25. The Morgan fingerprint density at radius 2 is 2.21 bits per heavy atom. The lowest BCUT2D eigenvalue weighted by molar-refractivity contribution is -0.384. The van der Waals surface area contributed by atoms with Crippen LogP contribution in [0.15, 0.2) is 18.2 Å². The number of nitrogens with zero attached hydrogens (tertiary/aromatic N) is 3. The predicted molar refractivity (Wildman–Crippen MR) is 69.3 cm³/mol. The number of likely N-dealkylation sites (N-methyl/N-ethyl adjacent to an activating group) is 1. The van der Waals surface area contributed by atoms with E-state index < -0.39 is 4.92 Å². The van der Waals surface area contributed by atoms with Crippen molar-refractivity contribution in [3.63, 3.8) is 0 Å². The number of carbonyl (C=O) groups excluding carboxylic acids is 1. The van der Waals surface area contributed by atoms with Crippen LogP contribution in [0.4, 0.5) is 16.2 Å². The van der Waals surface area contributed by atoms with E-state index in [1.165, 1.54) is 12.1 Å². The molecule has 1 fully saturated rings. The highest BCUT2D eigenvalue weighted by molar-refractivity contribution is 5.76. The molecular formula is C11H15N5O3. The molecule has 3 N–H and O–H groups in total. The molecule has 2 amide bonds. The van der Waals surface area contributed by atoms with Gasteiger partial charge >= 0.3 is 6.03 Å². The molecule has 1 aromatic rings. The highest BCUT2D eigenvalue weighted by atomic mass is 16.6. The van der Waals surface area contributed by atoms with Crippen LogP contribution in [0.1, 0.15) is 5.56 Å². The first-order valence-electron chi connectivity index (χ1n) is 5.77. The molecule has 19 heavy (non-hydrogen) atoms. The van der Waals surface area contributed by atoms with Crippen molar-refractivity contribution in [3.05, 3.63) is 33.9 Å². The van der Waals surface area contributed by atoms with Crippen LogP contribution in [0.2, 0.25) is 0 Å². The first-order chi connectivity index (χ1) is 9.02. The van der Waals surface area contributed by atoms with Crippen LogP contribution < -0.4 is 11.3 Å². The second-order valence-corrected chi connectivity index (χ2v) is 4.38. The molecule has 0 saturated carbocycles. The van der Waals surface area contributed by atoms with Gasteiger partial charge in [0.25, 0.3) is 5.69 Å². The molecule has 1 heterocycles. The van der Waals surface area contributed by atoms with Crippen molar-refractivity contribution in [1.29, 1.82) is 0 Å². The molecule has 0 aliphatic carbocycles. The number of hydrogen-bond acceptors (Lipinski definition) is 5. The first-order valence-corrected chi connectivity index (χ1v) is 5.77. The monoisotopic (exact) mass is 265 g/mol. The summed E-state index contributed by atoms with van der Waals surface area (Å²) in [6, 6.07) is 4.62. The summed E-state index contributed by atoms with van der Waals surface area (Å²) >= 11 is 0. The van der Waals surface area contributed by atoms with E-state index in [-0.39, 0.29) is 17.4 Å². The normalized spacial score (nSPS) is 14.9. The summed E-state index contributed by atoms with van der Waals surface area (Å²) < 4.78 is 0. The summed E-state index contributed by atoms with van der Waals surface area (Å²) in [5.41, 5.74) is 3.14. The SMILES string of the molecule is CN1CCN(Cc2ccc(NN)c([N+](=O)[O-])c2)C1=O. The van der Waals surface area contributed by atoms with Gasteiger partial charge in [0.1, 0.15) is 5.69 Å². The van der Waals surface area contributed by atoms with Gasteiger partial charge in [0.05, 0.1) is 4.92 Å². The van der Waals surface area contributed by atoms with Gasteiger partial charge in [-0.1, -0.05) is 6.07 Å². The van der Waals surface area contributed by atoms with Crippen LogP contribution in [0.25, 0.3) is 0 Å². The number of nitro benzene ring substituents is 1. The molecule has 0 aromatic heterocycles. The highest BCUT2D eigenvalue weighted by Gasteiger charge is 2.25. The Bertz CT molecular complexity index is 519. The molecule has 0 unspecified atom stereocenters. The lowest BCUT2D eigenvalue weighted by atomic mass is 10.1. The van der Waals surface area contributed by atoms with E-state index in [2.05, 4.69) is 5.43 Å². The van der Waals surface area contributed by atoms with Crippen LogP contribution in [0.3, 0.4) is 0 Å². The van der Waals surface area contributed by atoms with Crippen LogP contribution in [0, 0.1) is 10.1 Å². The van der Waals surface area contributed by atoms with E-state index >= 15 is 0 Å². The fourth-order valence-electron chi connectivity index (χ4n) is 2.02. The Hall–Kier alpha value is -2.35. The molecule has 1 aliphatic heterocycles. The van der Waals surface area contributed by atoms with Gasteiger partial charge in [-0.2, -0.15) is 0 Å². The Labute approximate surface area is 109 Å². The van der Waals surface area contributed by atoms with E-state index in [9.17, 15) is 14.9 Å². The van der Waals surface area contributed by atoms with E-state index in [1.807, 2.05) is 0 Å². The number of hydrazine groups is 1. The summed E-state index contributed by atoms with van der Waals surface area (Å²) in [7, 11) is 1.73. The maximum absolute atomic E-state index is 11.7. The lowest BCUT2D eigenvalue weighted by Gasteiger charge is -2.16. The van der Waals surface area contributed by atoms with Gasteiger partial charge in [0.2, 0.25) is 0 Å². The zero-order chi connectivity index (χ0) is 14.0. The molecule has 102 valence electrons. The topological polar surface area (TPSA) is 105 Å². The van der Waals surface area contributed by atoms with E-state index in [4.69, 9.17) is 5.84 Å². The zero-order valence-corrected chi connectivity index (χ0v) is 10.5. The van der Waals surface area contributed by atoms with Crippen molar-refractivity contribution in [2.45, 2.75) is 6.54 Å². The van der Waals surface area contributed by atoms with E-state index in [1.54, 1.807) is 22.9 Å². The zero-order valence-electron chi connectivity index (χ0n) is 10.5. The Morgan fingerprint density at radius 1 is 1.47 bits per heavy atom. The smallest absolute Gasteiger partial charge is 0.320 e. The number of amides is 2. The maximum atomic E-state index is 11.7. The number of nitrogens with two attached hydrogens (primary N) is 1. The minimum Gasteiger partial charge on any atom is -0.326 e. The average molecular weight is 265 g/mol. The minimum absolute atomic E-state index is 0.0660. The quantitative estimate of drug-likeness (QED) is 0.475. The van der Waals surface area contributed by atoms with Crippen molar-refractivity contribution in [2.24, 2.45) is 5.84 Å². The van der Waals surface area contributed by atoms with E-state index in [0.717, 1.165) is 0 Å². The molecule has 2 rings (SSSR count). The summed E-state index contributed by atoms with van der Waals surface area (Å²) in [5, 5.41) is 10.9. The van der Waals surface area contributed by atoms with Gasteiger partial charge in [0.15, 0.2) is 0 Å². The fourth-order valence-corrected chi connectivity index (χ4v) is 2.02. The van der Waals surface area contributed by atoms with Crippen LogP contribution in [-0.4, -0.2) is 40.9 Å². The lowest BCUT2D eigenvalue weighted by Crippen LogP contribution is -2.28. The molecule has 0 atom stereocenters. The number of benzene rings is 1. The number of urea groups is 1. The largest absolute Gasteiger partial charge is 0.326 e. The van der Waals surface area contributed by atoms with Gasteiger partial charge in [-0.25, -0.2) is 4.79 Å².